The van der Waals surface area contributed by atoms with Gasteiger partial charge in [-0.25, -0.2) is 14.5 Å². The van der Waals surface area contributed by atoms with Crippen LogP contribution in [-0.2, 0) is 0 Å². The summed E-state index contributed by atoms with van der Waals surface area (Å²) in [6.45, 7) is 2.52. The minimum atomic E-state index is -1.20. The van der Waals surface area contributed by atoms with Crippen molar-refractivity contribution < 1.29 is 14.6 Å². The number of carboxylic acid groups (broad SMARTS) is 1. The molecule has 0 spiro atoms. The summed E-state index contributed by atoms with van der Waals surface area (Å²) in [6, 6.07) is 1.62. The Hall–Kier alpha value is -2.64. The Morgan fingerprint density at radius 2 is 2.37 bits per heavy atom. The molecule has 8 heteroatoms. The first-order valence-electron chi connectivity index (χ1n) is 5.66. The highest BCUT2D eigenvalue weighted by atomic mass is 16.5. The van der Waals surface area contributed by atoms with Gasteiger partial charge < -0.3 is 15.6 Å². The van der Waals surface area contributed by atoms with Crippen LogP contribution in [0.25, 0.3) is 5.95 Å². The van der Waals surface area contributed by atoms with Gasteiger partial charge in [-0.15, -0.1) is 0 Å². The Bertz CT molecular complexity index is 596. The van der Waals surface area contributed by atoms with Gasteiger partial charge in [-0.3, -0.25) is 0 Å². The maximum absolute atomic E-state index is 10.9. The predicted octanol–water partition coefficient (Wildman–Crippen LogP) is 0.731. The molecule has 0 saturated carbocycles. The molecule has 100 valence electrons. The van der Waals surface area contributed by atoms with Gasteiger partial charge in [-0.1, -0.05) is 6.92 Å². The van der Waals surface area contributed by atoms with Gasteiger partial charge in [0.1, 0.15) is 0 Å². The third kappa shape index (κ3) is 2.79. The molecule has 19 heavy (non-hydrogen) atoms. The Morgan fingerprint density at radius 3 is 3.00 bits per heavy atom. The van der Waals surface area contributed by atoms with E-state index < -0.39 is 5.97 Å². The fourth-order valence-electron chi connectivity index (χ4n) is 1.39. The third-order valence-electron chi connectivity index (χ3n) is 2.22. The average molecular weight is 263 g/mol. The van der Waals surface area contributed by atoms with Crippen LogP contribution in [0.2, 0.25) is 0 Å². The summed E-state index contributed by atoms with van der Waals surface area (Å²) >= 11 is 0. The van der Waals surface area contributed by atoms with E-state index in [0.717, 1.165) is 6.42 Å². The first kappa shape index (κ1) is 12.8. The molecule has 2 aromatic heterocycles. The van der Waals surface area contributed by atoms with Crippen molar-refractivity contribution in [2.45, 2.75) is 13.3 Å². The number of nitrogens with zero attached hydrogens (tertiary/aromatic N) is 4. The number of carbonyl (C=O) groups is 1. The highest BCUT2D eigenvalue weighted by molar-refractivity contribution is 5.91. The van der Waals surface area contributed by atoms with E-state index in [1.807, 2.05) is 6.92 Å². The second kappa shape index (κ2) is 5.34. The molecule has 0 bridgehead atoms. The fraction of sp³-hybridized carbons (Fsp3) is 0.273. The molecule has 2 rings (SSSR count). The number of anilines is 1. The van der Waals surface area contributed by atoms with Gasteiger partial charge in [-0.05, 0) is 6.42 Å². The number of nitrogens with two attached hydrogens (primary N) is 1. The summed E-state index contributed by atoms with van der Waals surface area (Å²) in [7, 11) is 0. The van der Waals surface area contributed by atoms with Gasteiger partial charge in [0.15, 0.2) is 5.69 Å². The van der Waals surface area contributed by atoms with Crippen LogP contribution < -0.4 is 10.5 Å². The fourth-order valence-corrected chi connectivity index (χ4v) is 1.39. The molecule has 0 radical (unpaired) electrons. The average Bonchev–Trinajstić information content (AvgIpc) is 2.79. The van der Waals surface area contributed by atoms with Crippen molar-refractivity contribution >= 4 is 11.7 Å². The molecule has 0 aliphatic carbocycles. The summed E-state index contributed by atoms with van der Waals surface area (Å²) in [4.78, 5) is 19.0. The number of aromatic nitrogens is 4. The second-order valence-electron chi connectivity index (χ2n) is 3.73. The minimum Gasteiger partial charge on any atom is -0.478 e. The molecule has 2 aromatic rings. The van der Waals surface area contributed by atoms with Gasteiger partial charge in [0, 0.05) is 12.3 Å². The Kier molecular flexibility index (Phi) is 3.60. The van der Waals surface area contributed by atoms with Crippen LogP contribution in [0.1, 0.15) is 23.8 Å². The van der Waals surface area contributed by atoms with Crippen molar-refractivity contribution in [3.8, 4) is 11.8 Å². The lowest BCUT2D eigenvalue weighted by Crippen LogP contribution is -2.06. The molecule has 0 aromatic carbocycles. The molecule has 0 saturated heterocycles. The van der Waals surface area contributed by atoms with Crippen LogP contribution in [0, 0.1) is 0 Å². The van der Waals surface area contributed by atoms with Crippen LogP contribution in [-0.4, -0.2) is 37.4 Å². The topological polar surface area (TPSA) is 116 Å². The first-order valence-corrected chi connectivity index (χ1v) is 5.66. The molecule has 0 amide bonds. The molecule has 0 atom stereocenters. The zero-order valence-electron chi connectivity index (χ0n) is 10.3. The maximum Gasteiger partial charge on any atom is 0.358 e. The third-order valence-corrected chi connectivity index (χ3v) is 2.22. The van der Waals surface area contributed by atoms with Crippen LogP contribution >= 0.6 is 0 Å². The highest BCUT2D eigenvalue weighted by Crippen LogP contribution is 2.13. The second-order valence-corrected chi connectivity index (χ2v) is 3.73. The summed E-state index contributed by atoms with van der Waals surface area (Å²) in [5.74, 6) is -0.597. The number of aromatic carboxylic acids is 1. The molecule has 2 heterocycles. The van der Waals surface area contributed by atoms with Crippen LogP contribution in [0.15, 0.2) is 18.5 Å². The lowest BCUT2D eigenvalue weighted by molar-refractivity contribution is 0.0691. The van der Waals surface area contributed by atoms with Crippen molar-refractivity contribution in [2.75, 3.05) is 12.3 Å². The molecule has 0 unspecified atom stereocenters. The van der Waals surface area contributed by atoms with Gasteiger partial charge in [0.2, 0.25) is 5.88 Å². The lowest BCUT2D eigenvalue weighted by atomic mass is 10.4. The lowest BCUT2D eigenvalue weighted by Gasteiger charge is -2.04. The SMILES string of the molecule is CCCOc1ccnc(-n2cc(N)c(C(=O)O)n2)n1. The number of rotatable bonds is 5. The van der Waals surface area contributed by atoms with Gasteiger partial charge in [0.25, 0.3) is 5.95 Å². The van der Waals surface area contributed by atoms with E-state index in [4.69, 9.17) is 15.6 Å². The molecule has 0 aliphatic rings. The molecule has 0 aliphatic heterocycles. The van der Waals surface area contributed by atoms with Crippen LogP contribution in [0.5, 0.6) is 5.88 Å². The van der Waals surface area contributed by atoms with E-state index in [1.54, 1.807) is 6.07 Å². The zero-order chi connectivity index (χ0) is 13.8. The van der Waals surface area contributed by atoms with Crippen molar-refractivity contribution in [3.63, 3.8) is 0 Å². The number of ether oxygens (including phenoxy) is 1. The van der Waals surface area contributed by atoms with Gasteiger partial charge in [-0.2, -0.15) is 10.1 Å². The Morgan fingerprint density at radius 1 is 1.58 bits per heavy atom. The Labute approximate surface area is 108 Å². The van der Waals surface area contributed by atoms with E-state index >= 15 is 0 Å². The van der Waals surface area contributed by atoms with Crippen molar-refractivity contribution in [2.24, 2.45) is 0 Å². The number of hydrogen-bond donors (Lipinski definition) is 2. The quantitative estimate of drug-likeness (QED) is 0.816. The monoisotopic (exact) mass is 263 g/mol. The van der Waals surface area contributed by atoms with Crippen molar-refractivity contribution in [3.05, 3.63) is 24.2 Å². The first-order chi connectivity index (χ1) is 9.11. The standard InChI is InChI=1S/C11H13N5O3/c1-2-5-19-8-3-4-13-11(14-8)16-6-7(12)9(15-16)10(17)18/h3-4,6H,2,5,12H2,1H3,(H,17,18). The van der Waals surface area contributed by atoms with E-state index in [2.05, 4.69) is 15.1 Å². The minimum absolute atomic E-state index is 0.0518. The van der Waals surface area contributed by atoms with E-state index in [0.29, 0.717) is 12.5 Å². The summed E-state index contributed by atoms with van der Waals surface area (Å²) < 4.78 is 6.57. The number of nitrogen functional groups attached to an aromatic ring is 1. The Balaban J connectivity index is 2.31. The molecule has 8 nitrogen and oxygen atoms in total. The summed E-state index contributed by atoms with van der Waals surface area (Å²) in [5.41, 5.74) is 5.37. The largest absolute Gasteiger partial charge is 0.478 e. The van der Waals surface area contributed by atoms with Gasteiger partial charge >= 0.3 is 5.97 Å². The summed E-state index contributed by atoms with van der Waals surface area (Å²) in [6.07, 6.45) is 3.71. The van der Waals surface area contributed by atoms with E-state index in [9.17, 15) is 4.79 Å². The highest BCUT2D eigenvalue weighted by Gasteiger charge is 2.15. The van der Waals surface area contributed by atoms with Crippen LogP contribution in [0.3, 0.4) is 0 Å². The molecular weight excluding hydrogens is 250 g/mol. The maximum atomic E-state index is 10.9. The summed E-state index contributed by atoms with van der Waals surface area (Å²) in [5, 5.41) is 12.7. The van der Waals surface area contributed by atoms with E-state index in [-0.39, 0.29) is 17.3 Å². The van der Waals surface area contributed by atoms with Crippen LogP contribution in [0.4, 0.5) is 5.69 Å². The van der Waals surface area contributed by atoms with Gasteiger partial charge in [0.05, 0.1) is 18.5 Å². The normalized spacial score (nSPS) is 10.4. The van der Waals surface area contributed by atoms with E-state index in [1.165, 1.54) is 17.1 Å². The molecular formula is C11H13N5O3. The molecule has 3 N–H and O–H groups in total. The zero-order valence-corrected chi connectivity index (χ0v) is 10.3. The smallest absolute Gasteiger partial charge is 0.358 e. The number of hydrogen-bond acceptors (Lipinski definition) is 6. The van der Waals surface area contributed by atoms with Crippen molar-refractivity contribution in [1.82, 2.24) is 19.7 Å². The van der Waals surface area contributed by atoms with Crippen molar-refractivity contribution in [1.29, 1.82) is 0 Å². The molecule has 0 fully saturated rings. The number of carboxylic acids is 1. The predicted molar refractivity (Wildman–Crippen MR) is 66.3 cm³/mol.